The van der Waals surface area contributed by atoms with Crippen LogP contribution >= 0.6 is 11.6 Å². The average Bonchev–Trinajstić information content (AvgIpc) is 2.84. The number of nitriles is 1. The molecule has 2 saturated heterocycles. The van der Waals surface area contributed by atoms with Gasteiger partial charge >= 0.3 is 0 Å². The van der Waals surface area contributed by atoms with Crippen molar-refractivity contribution in [1.82, 2.24) is 4.90 Å². The average molecular weight is 454 g/mol. The first-order chi connectivity index (χ1) is 15.6. The lowest BCUT2D eigenvalue weighted by Crippen LogP contribution is -2.41. The van der Waals surface area contributed by atoms with Crippen LogP contribution < -0.4 is 9.64 Å². The van der Waals surface area contributed by atoms with E-state index in [1.807, 2.05) is 35.2 Å². The van der Waals surface area contributed by atoms with Crippen LogP contribution in [-0.4, -0.2) is 54.8 Å². The van der Waals surface area contributed by atoms with Crippen molar-refractivity contribution in [2.45, 2.75) is 31.8 Å². The van der Waals surface area contributed by atoms with E-state index in [9.17, 15) is 9.90 Å². The van der Waals surface area contributed by atoms with Crippen LogP contribution in [0.2, 0.25) is 5.02 Å². The molecular formula is C25H28ClN3O3. The minimum atomic E-state index is 0.0206. The first-order valence-corrected chi connectivity index (χ1v) is 11.6. The maximum absolute atomic E-state index is 12.9. The maximum atomic E-state index is 12.9. The third-order valence-corrected chi connectivity index (χ3v) is 6.76. The number of anilines is 1. The zero-order chi connectivity index (χ0) is 22.5. The Bertz CT molecular complexity index is 973. The zero-order valence-corrected chi connectivity index (χ0v) is 18.8. The van der Waals surface area contributed by atoms with Gasteiger partial charge in [0, 0.05) is 62.9 Å². The number of likely N-dealkylation sites (tertiary alicyclic amines) is 1. The molecule has 2 aromatic carbocycles. The molecule has 0 saturated carbocycles. The summed E-state index contributed by atoms with van der Waals surface area (Å²) in [5.74, 6) is 1.11. The Labute approximate surface area is 194 Å². The lowest BCUT2D eigenvalue weighted by Gasteiger charge is -2.33. The molecule has 0 spiro atoms. The van der Waals surface area contributed by atoms with Crippen LogP contribution in [0.3, 0.4) is 0 Å². The fraction of sp³-hybridized carbons (Fsp3) is 0.440. The predicted octanol–water partition coefficient (Wildman–Crippen LogP) is 4.10. The van der Waals surface area contributed by atoms with E-state index in [0.29, 0.717) is 40.9 Å². The highest BCUT2D eigenvalue weighted by Gasteiger charge is 2.25. The zero-order valence-electron chi connectivity index (χ0n) is 18.0. The Morgan fingerprint density at radius 3 is 2.34 bits per heavy atom. The lowest BCUT2D eigenvalue weighted by atomic mass is 9.97. The van der Waals surface area contributed by atoms with Gasteiger partial charge in [0.05, 0.1) is 10.6 Å². The highest BCUT2D eigenvalue weighted by atomic mass is 35.5. The quantitative estimate of drug-likeness (QED) is 0.737. The molecule has 32 heavy (non-hydrogen) atoms. The molecule has 0 aliphatic carbocycles. The number of hydrogen-bond donors (Lipinski definition) is 1. The summed E-state index contributed by atoms with van der Waals surface area (Å²) >= 11 is 6.09. The Balaban J connectivity index is 1.29. The molecule has 2 fully saturated rings. The van der Waals surface area contributed by atoms with Crippen LogP contribution in [0.4, 0.5) is 5.69 Å². The molecule has 0 bridgehead atoms. The Morgan fingerprint density at radius 2 is 1.75 bits per heavy atom. The summed E-state index contributed by atoms with van der Waals surface area (Å²) in [5, 5.41) is 18.7. The van der Waals surface area contributed by atoms with E-state index in [1.165, 1.54) is 0 Å². The Kier molecular flexibility index (Phi) is 7.19. The van der Waals surface area contributed by atoms with Crippen molar-refractivity contribution in [3.05, 3.63) is 58.6 Å². The lowest BCUT2D eigenvalue weighted by molar-refractivity contribution is 0.0595. The molecule has 0 atom stereocenters. The van der Waals surface area contributed by atoms with Crippen molar-refractivity contribution in [3.63, 3.8) is 0 Å². The topological polar surface area (TPSA) is 76.8 Å². The van der Waals surface area contributed by atoms with Crippen LogP contribution in [0.1, 0.15) is 41.6 Å². The third kappa shape index (κ3) is 5.17. The maximum Gasteiger partial charge on any atom is 0.253 e. The molecule has 0 aromatic heterocycles. The van der Waals surface area contributed by atoms with Gasteiger partial charge in [0.1, 0.15) is 17.9 Å². The number of halogens is 1. The Morgan fingerprint density at radius 1 is 1.06 bits per heavy atom. The molecule has 6 nitrogen and oxygen atoms in total. The second kappa shape index (κ2) is 10.2. The minimum absolute atomic E-state index is 0.0206. The first kappa shape index (κ1) is 22.4. The van der Waals surface area contributed by atoms with E-state index in [0.717, 1.165) is 44.5 Å². The number of hydrogen-bond acceptors (Lipinski definition) is 5. The molecule has 0 radical (unpaired) electrons. The van der Waals surface area contributed by atoms with Crippen molar-refractivity contribution >= 4 is 23.2 Å². The van der Waals surface area contributed by atoms with E-state index >= 15 is 0 Å². The number of amides is 1. The van der Waals surface area contributed by atoms with Gasteiger partial charge in [0.15, 0.2) is 0 Å². The van der Waals surface area contributed by atoms with Crippen LogP contribution in [0.5, 0.6) is 5.75 Å². The highest BCUT2D eigenvalue weighted by molar-refractivity contribution is 6.31. The summed E-state index contributed by atoms with van der Waals surface area (Å²) in [6.07, 6.45) is 3.53. The second-order valence-electron chi connectivity index (χ2n) is 8.52. The number of aliphatic hydroxyl groups is 1. The van der Waals surface area contributed by atoms with Gasteiger partial charge < -0.3 is 19.6 Å². The summed E-state index contributed by atoms with van der Waals surface area (Å²) in [5.41, 5.74) is 2.27. The van der Waals surface area contributed by atoms with E-state index < -0.39 is 0 Å². The first-order valence-electron chi connectivity index (χ1n) is 11.2. The molecule has 168 valence electrons. The van der Waals surface area contributed by atoms with E-state index in [4.69, 9.17) is 21.6 Å². The monoisotopic (exact) mass is 453 g/mol. The van der Waals surface area contributed by atoms with Crippen molar-refractivity contribution in [1.29, 1.82) is 5.26 Å². The molecule has 2 heterocycles. The summed E-state index contributed by atoms with van der Waals surface area (Å²) in [4.78, 5) is 17.1. The number of benzene rings is 2. The SMILES string of the molecule is N#Cc1ccc(OC2CCN(C(=O)c3ccc(N4CCC(CO)CC4)cc3)CC2)cc1Cl. The normalized spacial score (nSPS) is 17.8. The van der Waals surface area contributed by atoms with Gasteiger partial charge in [-0.1, -0.05) is 11.6 Å². The van der Waals surface area contributed by atoms with Crippen LogP contribution in [0.15, 0.2) is 42.5 Å². The van der Waals surface area contributed by atoms with Gasteiger partial charge in [0.2, 0.25) is 0 Å². The predicted molar refractivity (Wildman–Crippen MR) is 124 cm³/mol. The number of carbonyl (C=O) groups excluding carboxylic acids is 1. The van der Waals surface area contributed by atoms with Gasteiger partial charge in [0.25, 0.3) is 5.91 Å². The smallest absolute Gasteiger partial charge is 0.253 e. The van der Waals surface area contributed by atoms with Gasteiger partial charge in [-0.15, -0.1) is 0 Å². The van der Waals surface area contributed by atoms with Crippen molar-refractivity contribution in [2.75, 3.05) is 37.7 Å². The number of aliphatic hydroxyl groups excluding tert-OH is 1. The number of ether oxygens (including phenoxy) is 1. The Hall–Kier alpha value is -2.75. The largest absolute Gasteiger partial charge is 0.490 e. The molecular weight excluding hydrogens is 426 g/mol. The second-order valence-corrected chi connectivity index (χ2v) is 8.93. The standard InChI is InChI=1S/C25H28ClN3O3/c26-24-15-23(6-3-20(24)16-27)32-22-9-13-29(14-10-22)25(31)19-1-4-21(5-2-19)28-11-7-18(17-30)8-12-28/h1-6,15,18,22,30H,7-14,17H2. The fourth-order valence-corrected chi connectivity index (χ4v) is 4.61. The van der Waals surface area contributed by atoms with E-state index in [-0.39, 0.29) is 18.6 Å². The van der Waals surface area contributed by atoms with Gasteiger partial charge in [-0.3, -0.25) is 4.79 Å². The highest BCUT2D eigenvalue weighted by Crippen LogP contribution is 2.26. The van der Waals surface area contributed by atoms with Gasteiger partial charge in [-0.05, 0) is 55.2 Å². The van der Waals surface area contributed by atoms with Crippen LogP contribution in [0.25, 0.3) is 0 Å². The molecule has 1 N–H and O–H groups in total. The molecule has 0 unspecified atom stereocenters. The third-order valence-electron chi connectivity index (χ3n) is 6.45. The van der Waals surface area contributed by atoms with E-state index in [1.54, 1.807) is 18.2 Å². The van der Waals surface area contributed by atoms with Crippen molar-refractivity contribution in [2.24, 2.45) is 5.92 Å². The molecule has 2 aliphatic rings. The summed E-state index contributed by atoms with van der Waals surface area (Å²) < 4.78 is 6.01. The number of nitrogens with zero attached hydrogens (tertiary/aromatic N) is 3. The number of piperidine rings is 2. The summed E-state index contributed by atoms with van der Waals surface area (Å²) in [6, 6.07) is 15.0. The van der Waals surface area contributed by atoms with Gasteiger partial charge in [-0.25, -0.2) is 0 Å². The van der Waals surface area contributed by atoms with Crippen molar-refractivity contribution < 1.29 is 14.6 Å². The number of carbonyl (C=O) groups is 1. The fourth-order valence-electron chi connectivity index (χ4n) is 4.40. The van der Waals surface area contributed by atoms with E-state index in [2.05, 4.69) is 4.90 Å². The molecule has 2 aliphatic heterocycles. The molecule has 7 heteroatoms. The number of rotatable bonds is 5. The van der Waals surface area contributed by atoms with Crippen molar-refractivity contribution in [3.8, 4) is 11.8 Å². The summed E-state index contributed by atoms with van der Waals surface area (Å²) in [6.45, 7) is 3.44. The molecule has 2 aromatic rings. The molecule has 1 amide bonds. The van der Waals surface area contributed by atoms with Gasteiger partial charge in [-0.2, -0.15) is 5.26 Å². The minimum Gasteiger partial charge on any atom is -0.490 e. The molecule has 4 rings (SSSR count). The summed E-state index contributed by atoms with van der Waals surface area (Å²) in [7, 11) is 0. The van der Waals surface area contributed by atoms with Crippen LogP contribution in [0, 0.1) is 17.2 Å². The van der Waals surface area contributed by atoms with Crippen LogP contribution in [-0.2, 0) is 0 Å².